The SMILES string of the molecule is Cc1c(Cl)ccc2c1NC(=O)[C@@]21[C@H](C(=O)c2cccc([N+](=O)[O-])c2)[C@@]2(C(=O)Nc3ccccc32)[C@H]2CCCN21. The molecule has 196 valence electrons. The van der Waals surface area contributed by atoms with Gasteiger partial charge in [0.2, 0.25) is 11.8 Å². The highest BCUT2D eigenvalue weighted by Crippen LogP contribution is 2.66. The number of nitrogens with one attached hydrogen (secondary N) is 2. The van der Waals surface area contributed by atoms with Gasteiger partial charge in [0.05, 0.1) is 16.5 Å². The monoisotopic (exact) mass is 542 g/mol. The molecule has 2 fully saturated rings. The quantitative estimate of drug-likeness (QED) is 0.284. The number of nitro groups is 1. The van der Waals surface area contributed by atoms with Crippen molar-refractivity contribution in [3.63, 3.8) is 0 Å². The number of amides is 2. The second kappa shape index (κ2) is 7.97. The minimum atomic E-state index is -1.51. The molecule has 2 spiro atoms. The normalized spacial score (nSPS) is 28.4. The molecule has 9 nitrogen and oxygen atoms in total. The number of halogens is 1. The van der Waals surface area contributed by atoms with Gasteiger partial charge in [-0.05, 0) is 49.6 Å². The Bertz CT molecular complexity index is 1660. The van der Waals surface area contributed by atoms with Gasteiger partial charge >= 0.3 is 0 Å². The first kappa shape index (κ1) is 24.0. The van der Waals surface area contributed by atoms with Crippen LogP contribution < -0.4 is 10.6 Å². The van der Waals surface area contributed by atoms with Crippen LogP contribution in [0.2, 0.25) is 5.02 Å². The minimum absolute atomic E-state index is 0.0817. The van der Waals surface area contributed by atoms with Crippen molar-refractivity contribution in [3.8, 4) is 0 Å². The number of para-hydroxylation sites is 1. The van der Waals surface area contributed by atoms with Gasteiger partial charge in [0, 0.05) is 40.0 Å². The lowest BCUT2D eigenvalue weighted by Gasteiger charge is -2.38. The zero-order valence-electron chi connectivity index (χ0n) is 20.9. The summed E-state index contributed by atoms with van der Waals surface area (Å²) in [6.45, 7) is 2.32. The Morgan fingerprint density at radius 2 is 1.85 bits per heavy atom. The van der Waals surface area contributed by atoms with E-state index in [-0.39, 0.29) is 17.2 Å². The second-order valence-electron chi connectivity index (χ2n) is 10.6. The number of rotatable bonds is 3. The molecule has 0 saturated carbocycles. The molecule has 4 aliphatic heterocycles. The van der Waals surface area contributed by atoms with Crippen LogP contribution in [0.25, 0.3) is 0 Å². The maximum atomic E-state index is 14.8. The summed E-state index contributed by atoms with van der Waals surface area (Å²) in [6, 6.07) is 15.8. The topological polar surface area (TPSA) is 122 Å². The minimum Gasteiger partial charge on any atom is -0.325 e. The first-order valence-electron chi connectivity index (χ1n) is 12.8. The molecule has 3 aromatic rings. The van der Waals surface area contributed by atoms with E-state index in [4.69, 9.17) is 11.6 Å². The van der Waals surface area contributed by atoms with E-state index in [0.29, 0.717) is 46.1 Å². The molecule has 0 aliphatic carbocycles. The Kier molecular flexibility index (Phi) is 4.90. The van der Waals surface area contributed by atoms with Gasteiger partial charge in [0.25, 0.3) is 5.69 Å². The number of hydrogen-bond donors (Lipinski definition) is 2. The number of non-ortho nitro benzene ring substituents is 1. The molecular weight excluding hydrogens is 520 g/mol. The fourth-order valence-electron chi connectivity index (χ4n) is 7.67. The van der Waals surface area contributed by atoms with Gasteiger partial charge in [-0.2, -0.15) is 0 Å². The zero-order valence-corrected chi connectivity index (χ0v) is 21.6. The third-order valence-electron chi connectivity index (χ3n) is 9.10. The van der Waals surface area contributed by atoms with Crippen molar-refractivity contribution in [3.05, 3.63) is 98.1 Å². The Labute approximate surface area is 228 Å². The molecule has 4 aliphatic rings. The fourth-order valence-corrected chi connectivity index (χ4v) is 7.83. The standard InChI is InChI=1S/C29H23ClN4O5/c1-15-20(30)12-11-19-23(15)32-27(37)29(19)25(24(35)16-6-4-7-17(14-16)34(38)39)28(22-10-5-13-33(22)29)18-8-2-3-9-21(18)31-26(28)36/h2-4,6-9,11-12,14,22,25H,5,10,13H2,1H3,(H,31,36)(H,32,37)/t22-,25-,28+,29+/m1/s1. The third-order valence-corrected chi connectivity index (χ3v) is 9.51. The van der Waals surface area contributed by atoms with E-state index < -0.39 is 39.5 Å². The van der Waals surface area contributed by atoms with Crippen LogP contribution in [0.4, 0.5) is 17.1 Å². The lowest BCUT2D eigenvalue weighted by Crippen LogP contribution is -2.55. The Balaban J connectivity index is 1.58. The van der Waals surface area contributed by atoms with E-state index in [1.54, 1.807) is 18.2 Å². The summed E-state index contributed by atoms with van der Waals surface area (Å²) in [6.07, 6.45) is 1.36. The molecular formula is C29H23ClN4O5. The largest absolute Gasteiger partial charge is 0.325 e. The van der Waals surface area contributed by atoms with E-state index in [1.165, 1.54) is 24.3 Å². The molecule has 2 amide bonds. The zero-order chi connectivity index (χ0) is 27.3. The van der Waals surface area contributed by atoms with Gasteiger partial charge in [-0.3, -0.25) is 29.4 Å². The number of nitrogens with zero attached hydrogens (tertiary/aromatic N) is 2. The van der Waals surface area contributed by atoms with Crippen LogP contribution >= 0.6 is 11.6 Å². The molecule has 10 heteroatoms. The summed E-state index contributed by atoms with van der Waals surface area (Å²) in [5.74, 6) is -2.42. The van der Waals surface area contributed by atoms with Gasteiger partial charge in [-0.25, -0.2) is 0 Å². The van der Waals surface area contributed by atoms with Crippen LogP contribution in [0, 0.1) is 23.0 Å². The summed E-state index contributed by atoms with van der Waals surface area (Å²) in [5.41, 5.74) is 0.0279. The van der Waals surface area contributed by atoms with Crippen LogP contribution in [0.3, 0.4) is 0 Å². The maximum Gasteiger partial charge on any atom is 0.270 e. The van der Waals surface area contributed by atoms with E-state index in [9.17, 15) is 24.5 Å². The van der Waals surface area contributed by atoms with Gasteiger partial charge in [0.15, 0.2) is 5.78 Å². The van der Waals surface area contributed by atoms with Crippen LogP contribution in [-0.4, -0.2) is 40.0 Å². The van der Waals surface area contributed by atoms with Crippen LogP contribution in [0.15, 0.2) is 60.7 Å². The van der Waals surface area contributed by atoms with E-state index in [1.807, 2.05) is 30.0 Å². The predicted molar refractivity (Wildman–Crippen MR) is 144 cm³/mol. The second-order valence-corrected chi connectivity index (χ2v) is 11.0. The van der Waals surface area contributed by atoms with Crippen molar-refractivity contribution in [2.75, 3.05) is 17.2 Å². The van der Waals surface area contributed by atoms with Crippen molar-refractivity contribution in [1.29, 1.82) is 0 Å². The smallest absolute Gasteiger partial charge is 0.270 e. The molecule has 4 heterocycles. The van der Waals surface area contributed by atoms with Crippen molar-refractivity contribution in [2.45, 2.75) is 36.8 Å². The molecule has 0 unspecified atom stereocenters. The van der Waals surface area contributed by atoms with Gasteiger partial charge in [-0.15, -0.1) is 0 Å². The Morgan fingerprint density at radius 3 is 2.64 bits per heavy atom. The van der Waals surface area contributed by atoms with Crippen molar-refractivity contribution >= 4 is 46.3 Å². The number of carbonyl (C=O) groups excluding carboxylic acids is 3. The molecule has 39 heavy (non-hydrogen) atoms. The van der Waals surface area contributed by atoms with Crippen LogP contribution in [0.1, 0.15) is 39.9 Å². The highest BCUT2D eigenvalue weighted by molar-refractivity contribution is 6.32. The number of nitro benzene ring substituents is 1. The number of anilines is 2. The summed E-state index contributed by atoms with van der Waals surface area (Å²) in [7, 11) is 0. The molecule has 2 saturated heterocycles. The summed E-state index contributed by atoms with van der Waals surface area (Å²) in [5, 5.41) is 18.1. The van der Waals surface area contributed by atoms with Crippen molar-refractivity contribution < 1.29 is 19.3 Å². The Morgan fingerprint density at radius 1 is 1.05 bits per heavy atom. The third kappa shape index (κ3) is 2.76. The Hall–Kier alpha value is -4.08. The average Bonchev–Trinajstić information content (AvgIpc) is 3.65. The molecule has 4 atom stereocenters. The number of fused-ring (bicyclic) bond motifs is 7. The number of benzene rings is 3. The van der Waals surface area contributed by atoms with E-state index in [2.05, 4.69) is 10.6 Å². The van der Waals surface area contributed by atoms with Crippen molar-refractivity contribution in [2.24, 2.45) is 5.92 Å². The summed E-state index contributed by atoms with van der Waals surface area (Å²) in [4.78, 5) is 56.5. The molecule has 3 aromatic carbocycles. The lowest BCUT2D eigenvalue weighted by atomic mass is 9.60. The van der Waals surface area contributed by atoms with E-state index >= 15 is 0 Å². The molecule has 0 aromatic heterocycles. The molecule has 2 N–H and O–H groups in total. The summed E-state index contributed by atoms with van der Waals surface area (Å²) >= 11 is 6.44. The number of Topliss-reactive ketones (excluding diaryl/α,β-unsaturated/α-hetero) is 1. The highest BCUT2D eigenvalue weighted by atomic mass is 35.5. The van der Waals surface area contributed by atoms with Crippen LogP contribution in [-0.2, 0) is 20.5 Å². The van der Waals surface area contributed by atoms with Crippen molar-refractivity contribution in [1.82, 2.24) is 4.90 Å². The molecule has 0 bridgehead atoms. The van der Waals surface area contributed by atoms with Gasteiger partial charge in [-0.1, -0.05) is 48.0 Å². The average molecular weight is 543 g/mol. The van der Waals surface area contributed by atoms with E-state index in [0.717, 1.165) is 6.42 Å². The maximum absolute atomic E-state index is 14.8. The highest BCUT2D eigenvalue weighted by Gasteiger charge is 2.78. The lowest BCUT2D eigenvalue weighted by molar-refractivity contribution is -0.384. The first-order valence-corrected chi connectivity index (χ1v) is 13.2. The first-order chi connectivity index (χ1) is 18.7. The summed E-state index contributed by atoms with van der Waals surface area (Å²) < 4.78 is 0. The number of hydrogen-bond acceptors (Lipinski definition) is 6. The predicted octanol–water partition coefficient (Wildman–Crippen LogP) is 4.57. The van der Waals surface area contributed by atoms with Gasteiger partial charge in [0.1, 0.15) is 11.0 Å². The molecule has 7 rings (SSSR count). The van der Waals surface area contributed by atoms with Crippen LogP contribution in [0.5, 0.6) is 0 Å². The number of carbonyl (C=O) groups is 3. The number of ketones is 1. The fraction of sp³-hybridized carbons (Fsp3) is 0.276. The molecule has 0 radical (unpaired) electrons. The van der Waals surface area contributed by atoms with Gasteiger partial charge < -0.3 is 10.6 Å².